The maximum Gasteiger partial charge on any atom is 0.410 e. The summed E-state index contributed by atoms with van der Waals surface area (Å²) in [5.41, 5.74) is -0.119. The summed E-state index contributed by atoms with van der Waals surface area (Å²) >= 11 is 0. The molecule has 160 valence electrons. The molecule has 0 aliphatic carbocycles. The molecule has 0 spiro atoms. The van der Waals surface area contributed by atoms with Crippen LogP contribution in [0.1, 0.15) is 20.8 Å². The van der Waals surface area contributed by atoms with Crippen LogP contribution >= 0.6 is 0 Å². The molecule has 0 saturated heterocycles. The first-order valence-electron chi connectivity index (χ1n) is 9.57. The van der Waals surface area contributed by atoms with E-state index in [0.29, 0.717) is 11.3 Å². The fraction of sp³-hybridized carbons (Fsp3) is 0.318. The average molecular weight is 431 g/mol. The van der Waals surface area contributed by atoms with E-state index in [1.807, 2.05) is 6.07 Å². The van der Waals surface area contributed by atoms with E-state index in [2.05, 4.69) is 0 Å². The number of hydrogen-bond acceptors (Lipinski definition) is 5. The van der Waals surface area contributed by atoms with E-state index >= 15 is 0 Å². The Morgan fingerprint density at radius 2 is 1.73 bits per heavy atom. The van der Waals surface area contributed by atoms with Crippen LogP contribution in [0.4, 0.5) is 4.79 Å². The van der Waals surface area contributed by atoms with Gasteiger partial charge in [0.1, 0.15) is 23.5 Å². The van der Waals surface area contributed by atoms with Gasteiger partial charge in [-0.2, -0.15) is 0 Å². The number of ether oxygens (including phenoxy) is 2. The van der Waals surface area contributed by atoms with E-state index in [0.717, 1.165) is 5.39 Å². The van der Waals surface area contributed by atoms with Crippen LogP contribution < -0.4 is 4.74 Å². The van der Waals surface area contributed by atoms with Crippen molar-refractivity contribution in [3.63, 3.8) is 0 Å². The van der Waals surface area contributed by atoms with Crippen LogP contribution in [0.2, 0.25) is 0 Å². The highest BCUT2D eigenvalue weighted by Gasteiger charge is 2.22. The molecule has 0 bridgehead atoms. The lowest BCUT2D eigenvalue weighted by Crippen LogP contribution is -2.36. The number of benzene rings is 2. The summed E-state index contributed by atoms with van der Waals surface area (Å²) in [6.45, 7) is 5.88. The summed E-state index contributed by atoms with van der Waals surface area (Å²) in [7, 11) is -2.14. The van der Waals surface area contributed by atoms with Crippen molar-refractivity contribution in [3.05, 3.63) is 60.8 Å². The molecule has 2 aromatic carbocycles. The van der Waals surface area contributed by atoms with Crippen molar-refractivity contribution in [2.75, 3.05) is 20.2 Å². The highest BCUT2D eigenvalue weighted by molar-refractivity contribution is 7.90. The van der Waals surface area contributed by atoms with Crippen molar-refractivity contribution in [1.82, 2.24) is 8.87 Å². The molecule has 30 heavy (non-hydrogen) atoms. The van der Waals surface area contributed by atoms with E-state index in [1.165, 1.54) is 15.1 Å². The number of fused-ring (bicyclic) bond motifs is 1. The van der Waals surface area contributed by atoms with Crippen molar-refractivity contribution >= 4 is 27.0 Å². The Morgan fingerprint density at radius 1 is 1.03 bits per heavy atom. The molecule has 3 rings (SSSR count). The topological polar surface area (TPSA) is 77.8 Å². The van der Waals surface area contributed by atoms with Crippen LogP contribution in [-0.4, -0.2) is 49.2 Å². The van der Waals surface area contributed by atoms with Gasteiger partial charge in [-0.15, -0.1) is 0 Å². The molecule has 0 aliphatic heterocycles. The standard InChI is InChI=1S/C22H26N2O5S/c1-22(2,3)29-21(25)23(4)15-16-28-19-12-8-9-17-13-14-24(20(17)19)30(26,27)18-10-6-5-7-11-18/h5-14H,15-16H2,1-4H3. The maximum atomic E-state index is 13.1. The molecule has 1 aromatic heterocycles. The zero-order chi connectivity index (χ0) is 21.9. The molecule has 1 amide bonds. The normalized spacial score (nSPS) is 12.0. The molecule has 1 heterocycles. The van der Waals surface area contributed by atoms with E-state index in [-0.39, 0.29) is 18.0 Å². The highest BCUT2D eigenvalue weighted by Crippen LogP contribution is 2.30. The van der Waals surface area contributed by atoms with Gasteiger partial charge in [-0.1, -0.05) is 30.3 Å². The quantitative estimate of drug-likeness (QED) is 0.588. The summed E-state index contributed by atoms with van der Waals surface area (Å²) in [6.07, 6.45) is 1.08. The molecule has 0 aliphatic rings. The summed E-state index contributed by atoms with van der Waals surface area (Å²) in [5, 5.41) is 0.743. The highest BCUT2D eigenvalue weighted by atomic mass is 32.2. The van der Waals surface area contributed by atoms with Gasteiger partial charge in [0.05, 0.1) is 11.4 Å². The number of nitrogens with zero attached hydrogens (tertiary/aromatic N) is 2. The van der Waals surface area contributed by atoms with Crippen molar-refractivity contribution < 1.29 is 22.7 Å². The number of aromatic nitrogens is 1. The first kappa shape index (κ1) is 21.7. The summed E-state index contributed by atoms with van der Waals surface area (Å²) in [4.78, 5) is 13.7. The molecular formula is C22H26N2O5S. The zero-order valence-corrected chi connectivity index (χ0v) is 18.3. The zero-order valence-electron chi connectivity index (χ0n) is 17.5. The molecule has 0 atom stereocenters. The lowest BCUT2D eigenvalue weighted by molar-refractivity contribution is 0.0278. The van der Waals surface area contributed by atoms with Crippen LogP contribution in [0, 0.1) is 0 Å². The first-order chi connectivity index (χ1) is 14.1. The predicted octanol–water partition coefficient (Wildman–Crippen LogP) is 4.12. The van der Waals surface area contributed by atoms with E-state index < -0.39 is 21.7 Å². The number of carbonyl (C=O) groups excluding carboxylic acids is 1. The summed E-state index contributed by atoms with van der Waals surface area (Å²) in [6, 6.07) is 15.3. The number of rotatable bonds is 6. The van der Waals surface area contributed by atoms with E-state index in [9.17, 15) is 13.2 Å². The summed E-state index contributed by atoms with van der Waals surface area (Å²) in [5.74, 6) is 0.426. The SMILES string of the molecule is CN(CCOc1cccc2ccn(S(=O)(=O)c3ccccc3)c12)C(=O)OC(C)(C)C. The largest absolute Gasteiger partial charge is 0.489 e. The van der Waals surface area contributed by atoms with E-state index in [4.69, 9.17) is 9.47 Å². The smallest absolute Gasteiger partial charge is 0.410 e. The number of para-hydroxylation sites is 1. The first-order valence-corrected chi connectivity index (χ1v) is 11.0. The third kappa shape index (κ3) is 4.76. The molecule has 7 nitrogen and oxygen atoms in total. The number of amides is 1. The average Bonchev–Trinajstić information content (AvgIpc) is 3.13. The molecule has 3 aromatic rings. The molecular weight excluding hydrogens is 404 g/mol. The summed E-state index contributed by atoms with van der Waals surface area (Å²) < 4.78 is 38.6. The molecule has 0 saturated carbocycles. The molecule has 0 unspecified atom stereocenters. The Morgan fingerprint density at radius 3 is 2.40 bits per heavy atom. The Kier molecular flexibility index (Phi) is 6.07. The van der Waals surface area contributed by atoms with Crippen LogP contribution in [0.25, 0.3) is 10.9 Å². The minimum Gasteiger partial charge on any atom is -0.489 e. The maximum absolute atomic E-state index is 13.1. The Labute approximate surface area is 176 Å². The Bertz CT molecular complexity index is 1130. The van der Waals surface area contributed by atoms with Gasteiger partial charge < -0.3 is 14.4 Å². The van der Waals surface area contributed by atoms with Gasteiger partial charge in [0.15, 0.2) is 0 Å². The van der Waals surface area contributed by atoms with Gasteiger partial charge in [-0.3, -0.25) is 0 Å². The molecule has 8 heteroatoms. The lowest BCUT2D eigenvalue weighted by atomic mass is 10.2. The minimum absolute atomic E-state index is 0.186. The van der Waals surface area contributed by atoms with Crippen molar-refractivity contribution in [1.29, 1.82) is 0 Å². The second kappa shape index (κ2) is 8.39. The fourth-order valence-electron chi connectivity index (χ4n) is 2.88. The van der Waals surface area contributed by atoms with Gasteiger partial charge in [-0.05, 0) is 45.0 Å². The minimum atomic E-state index is -3.77. The van der Waals surface area contributed by atoms with Crippen molar-refractivity contribution in [3.8, 4) is 5.75 Å². The second-order valence-electron chi connectivity index (χ2n) is 7.87. The van der Waals surface area contributed by atoms with Crippen molar-refractivity contribution in [2.45, 2.75) is 31.3 Å². The number of likely N-dealkylation sites (N-methyl/N-ethyl adjacent to an activating group) is 1. The monoisotopic (exact) mass is 430 g/mol. The number of carbonyl (C=O) groups is 1. The van der Waals surface area contributed by atoms with Crippen LogP contribution in [0.3, 0.4) is 0 Å². The van der Waals surface area contributed by atoms with Gasteiger partial charge in [0, 0.05) is 18.6 Å². The van der Waals surface area contributed by atoms with Gasteiger partial charge in [-0.25, -0.2) is 17.2 Å². The Hall–Kier alpha value is -3.00. The molecule has 0 fully saturated rings. The fourth-order valence-corrected chi connectivity index (χ4v) is 4.26. The Balaban J connectivity index is 1.81. The molecule has 0 radical (unpaired) electrons. The van der Waals surface area contributed by atoms with E-state index in [1.54, 1.807) is 76.3 Å². The van der Waals surface area contributed by atoms with Crippen molar-refractivity contribution in [2.24, 2.45) is 0 Å². The second-order valence-corrected chi connectivity index (χ2v) is 9.69. The molecule has 0 N–H and O–H groups in total. The van der Waals surface area contributed by atoms with Crippen LogP contribution in [-0.2, 0) is 14.8 Å². The third-order valence-corrected chi connectivity index (χ3v) is 6.02. The van der Waals surface area contributed by atoms with Gasteiger partial charge in [0.2, 0.25) is 0 Å². The third-order valence-electron chi connectivity index (χ3n) is 4.33. The van der Waals surface area contributed by atoms with Gasteiger partial charge in [0.25, 0.3) is 10.0 Å². The number of hydrogen-bond donors (Lipinski definition) is 0. The predicted molar refractivity (Wildman–Crippen MR) is 115 cm³/mol. The van der Waals surface area contributed by atoms with Gasteiger partial charge >= 0.3 is 6.09 Å². The van der Waals surface area contributed by atoms with Crippen LogP contribution in [0.5, 0.6) is 5.75 Å². The lowest BCUT2D eigenvalue weighted by Gasteiger charge is -2.24. The van der Waals surface area contributed by atoms with Crippen LogP contribution in [0.15, 0.2) is 65.7 Å².